The summed E-state index contributed by atoms with van der Waals surface area (Å²) in [6.45, 7) is 1.90. The lowest BCUT2D eigenvalue weighted by Gasteiger charge is -2.27. The zero-order chi connectivity index (χ0) is 22.3. The molecule has 0 aliphatic carbocycles. The number of amides is 4. The lowest BCUT2D eigenvalue weighted by molar-refractivity contribution is -0.136. The number of fused-ring (bicyclic) bond motifs is 1. The molecule has 4 rings (SSSR count). The van der Waals surface area contributed by atoms with Gasteiger partial charge in [0.2, 0.25) is 21.8 Å². The third-order valence-electron chi connectivity index (χ3n) is 5.19. The van der Waals surface area contributed by atoms with Crippen LogP contribution in [0.1, 0.15) is 44.7 Å². The molecule has 2 aromatic carbocycles. The Hall–Kier alpha value is -3.53. The highest BCUT2D eigenvalue weighted by atomic mass is 32.2. The van der Waals surface area contributed by atoms with Crippen molar-refractivity contribution < 1.29 is 27.6 Å². The largest absolute Gasteiger partial charge is 0.295 e. The van der Waals surface area contributed by atoms with E-state index < -0.39 is 39.7 Å². The van der Waals surface area contributed by atoms with Crippen LogP contribution in [-0.2, 0) is 25.4 Å². The third kappa shape index (κ3) is 4.06. The number of carbonyl (C=O) groups excluding carboxylic acids is 4. The first-order chi connectivity index (χ1) is 14.6. The van der Waals surface area contributed by atoms with Gasteiger partial charge in [-0.05, 0) is 37.1 Å². The molecule has 0 saturated carbocycles. The van der Waals surface area contributed by atoms with Crippen molar-refractivity contribution >= 4 is 39.3 Å². The van der Waals surface area contributed by atoms with Gasteiger partial charge in [0.15, 0.2) is 0 Å². The van der Waals surface area contributed by atoms with E-state index in [1.807, 2.05) is 19.1 Å². The van der Waals surface area contributed by atoms with Crippen LogP contribution in [0.4, 0.5) is 5.69 Å². The number of anilines is 1. The standard InChI is InChI=1S/C21H19N3O6S/c1-12-2-4-13(5-3-12)11-31(29,30)23-14-6-7-15-16(10-14)21(28)24(20(15)27)17-8-9-18(25)22-19(17)26/h2-7,10,17,23H,8-9,11H2,1H3,(H,22,25,26). The van der Waals surface area contributed by atoms with Gasteiger partial charge in [0.05, 0.1) is 16.9 Å². The molecule has 4 amide bonds. The Morgan fingerprint density at radius 2 is 1.68 bits per heavy atom. The van der Waals surface area contributed by atoms with E-state index in [1.54, 1.807) is 12.1 Å². The molecule has 2 N–H and O–H groups in total. The maximum atomic E-state index is 12.8. The van der Waals surface area contributed by atoms with Gasteiger partial charge in [0, 0.05) is 12.1 Å². The number of sulfonamides is 1. The maximum Gasteiger partial charge on any atom is 0.262 e. The topological polar surface area (TPSA) is 130 Å². The van der Waals surface area contributed by atoms with E-state index in [1.165, 1.54) is 18.2 Å². The molecule has 160 valence electrons. The summed E-state index contributed by atoms with van der Waals surface area (Å²) in [7, 11) is -3.76. The lowest BCUT2D eigenvalue weighted by atomic mass is 10.0. The summed E-state index contributed by atoms with van der Waals surface area (Å²) in [6, 6.07) is 10.0. The SMILES string of the molecule is Cc1ccc(CS(=O)(=O)Nc2ccc3c(c2)C(=O)N(C2CCC(=O)NC2=O)C3=O)cc1. The fourth-order valence-corrected chi connectivity index (χ4v) is 4.84. The highest BCUT2D eigenvalue weighted by molar-refractivity contribution is 7.91. The highest BCUT2D eigenvalue weighted by Gasteiger charge is 2.44. The summed E-state index contributed by atoms with van der Waals surface area (Å²) < 4.78 is 27.5. The van der Waals surface area contributed by atoms with E-state index in [2.05, 4.69) is 10.0 Å². The fraction of sp³-hybridized carbons (Fsp3) is 0.238. The average Bonchev–Trinajstić information content (AvgIpc) is 2.94. The molecule has 31 heavy (non-hydrogen) atoms. The second-order valence-corrected chi connectivity index (χ2v) is 9.28. The van der Waals surface area contributed by atoms with Crippen LogP contribution in [0.5, 0.6) is 0 Å². The van der Waals surface area contributed by atoms with Crippen molar-refractivity contribution in [2.24, 2.45) is 0 Å². The summed E-state index contributed by atoms with van der Waals surface area (Å²) >= 11 is 0. The van der Waals surface area contributed by atoms with Gasteiger partial charge in [-0.3, -0.25) is 34.1 Å². The Balaban J connectivity index is 1.55. The Morgan fingerprint density at radius 1 is 1.00 bits per heavy atom. The number of imide groups is 2. The Morgan fingerprint density at radius 3 is 2.35 bits per heavy atom. The second-order valence-electron chi connectivity index (χ2n) is 7.55. The summed E-state index contributed by atoms with van der Waals surface area (Å²) in [5, 5.41) is 2.13. The van der Waals surface area contributed by atoms with Gasteiger partial charge in [0.25, 0.3) is 11.8 Å². The Bertz CT molecular complexity index is 1220. The minimum absolute atomic E-state index is 0.00485. The number of hydrogen-bond donors (Lipinski definition) is 2. The predicted molar refractivity (Wildman–Crippen MR) is 111 cm³/mol. The molecule has 2 aliphatic rings. The van der Waals surface area contributed by atoms with E-state index in [9.17, 15) is 27.6 Å². The molecule has 0 spiro atoms. The smallest absolute Gasteiger partial charge is 0.262 e. The molecule has 0 bridgehead atoms. The van der Waals surface area contributed by atoms with E-state index in [-0.39, 0.29) is 35.4 Å². The molecule has 2 aromatic rings. The minimum Gasteiger partial charge on any atom is -0.295 e. The summed E-state index contributed by atoms with van der Waals surface area (Å²) in [5.41, 5.74) is 1.84. The number of nitrogens with zero attached hydrogens (tertiary/aromatic N) is 1. The van der Waals surface area contributed by atoms with Crippen LogP contribution < -0.4 is 10.0 Å². The van der Waals surface area contributed by atoms with E-state index in [4.69, 9.17) is 0 Å². The minimum atomic E-state index is -3.76. The van der Waals surface area contributed by atoms with E-state index >= 15 is 0 Å². The van der Waals surface area contributed by atoms with Crippen molar-refractivity contribution in [1.82, 2.24) is 10.2 Å². The van der Waals surface area contributed by atoms with E-state index in [0.29, 0.717) is 5.56 Å². The average molecular weight is 441 g/mol. The zero-order valence-corrected chi connectivity index (χ0v) is 17.4. The van der Waals surface area contributed by atoms with Gasteiger partial charge >= 0.3 is 0 Å². The summed E-state index contributed by atoms with van der Waals surface area (Å²) in [5.74, 6) is -2.76. The number of benzene rings is 2. The van der Waals surface area contributed by atoms with Gasteiger partial charge in [-0.15, -0.1) is 0 Å². The molecule has 1 atom stereocenters. The number of rotatable bonds is 5. The van der Waals surface area contributed by atoms with Crippen LogP contribution in [-0.4, -0.2) is 43.0 Å². The second kappa shape index (κ2) is 7.62. The van der Waals surface area contributed by atoms with Gasteiger partial charge < -0.3 is 0 Å². The van der Waals surface area contributed by atoms with Crippen LogP contribution in [0.3, 0.4) is 0 Å². The molecule has 0 aromatic heterocycles. The lowest BCUT2D eigenvalue weighted by Crippen LogP contribution is -2.54. The van der Waals surface area contributed by atoms with Crippen molar-refractivity contribution in [3.05, 3.63) is 64.7 Å². The van der Waals surface area contributed by atoms with Crippen LogP contribution >= 0.6 is 0 Å². The number of carbonyl (C=O) groups is 4. The molecule has 1 unspecified atom stereocenters. The normalized spacial score (nSPS) is 18.7. The molecule has 2 aliphatic heterocycles. The molecule has 1 saturated heterocycles. The fourth-order valence-electron chi connectivity index (χ4n) is 3.65. The van der Waals surface area contributed by atoms with Gasteiger partial charge in [-0.25, -0.2) is 8.42 Å². The van der Waals surface area contributed by atoms with Crippen LogP contribution in [0.2, 0.25) is 0 Å². The molecule has 1 fully saturated rings. The van der Waals surface area contributed by atoms with E-state index in [0.717, 1.165) is 10.5 Å². The molecule has 0 radical (unpaired) electrons. The van der Waals surface area contributed by atoms with Crippen molar-refractivity contribution in [2.75, 3.05) is 4.72 Å². The molecular weight excluding hydrogens is 422 g/mol. The quantitative estimate of drug-likeness (QED) is 0.674. The van der Waals surface area contributed by atoms with Gasteiger partial charge in [0.1, 0.15) is 6.04 Å². The monoisotopic (exact) mass is 441 g/mol. The number of hydrogen-bond acceptors (Lipinski definition) is 6. The summed E-state index contributed by atoms with van der Waals surface area (Å²) in [6.07, 6.45) is 0.0695. The van der Waals surface area contributed by atoms with Crippen LogP contribution in [0.15, 0.2) is 42.5 Å². The number of piperidine rings is 1. The van der Waals surface area contributed by atoms with Gasteiger partial charge in [-0.2, -0.15) is 0 Å². The highest BCUT2D eigenvalue weighted by Crippen LogP contribution is 2.30. The Labute approximate surface area is 178 Å². The molecule has 10 heteroatoms. The molecule has 9 nitrogen and oxygen atoms in total. The zero-order valence-electron chi connectivity index (χ0n) is 16.5. The van der Waals surface area contributed by atoms with Crippen LogP contribution in [0, 0.1) is 6.92 Å². The maximum absolute atomic E-state index is 12.8. The molecule has 2 heterocycles. The van der Waals surface area contributed by atoms with Gasteiger partial charge in [-0.1, -0.05) is 29.8 Å². The first-order valence-corrected chi connectivity index (χ1v) is 11.2. The number of aryl methyl sites for hydroxylation is 1. The third-order valence-corrected chi connectivity index (χ3v) is 6.45. The van der Waals surface area contributed by atoms with Crippen molar-refractivity contribution in [3.8, 4) is 0 Å². The number of nitrogens with one attached hydrogen (secondary N) is 2. The first kappa shape index (κ1) is 20.7. The summed E-state index contributed by atoms with van der Waals surface area (Å²) in [4.78, 5) is 49.8. The van der Waals surface area contributed by atoms with Crippen LogP contribution in [0.25, 0.3) is 0 Å². The van der Waals surface area contributed by atoms with Crippen molar-refractivity contribution in [1.29, 1.82) is 0 Å². The first-order valence-electron chi connectivity index (χ1n) is 9.56. The van der Waals surface area contributed by atoms with Crippen molar-refractivity contribution in [2.45, 2.75) is 31.6 Å². The Kier molecular flexibility index (Phi) is 5.10. The van der Waals surface area contributed by atoms with Crippen molar-refractivity contribution in [3.63, 3.8) is 0 Å². The molecular formula is C21H19N3O6S. The predicted octanol–water partition coefficient (Wildman–Crippen LogP) is 1.34.